The molecule has 1 fully saturated rings. The Balaban J connectivity index is 1.56. The zero-order valence-electron chi connectivity index (χ0n) is 16.0. The Kier molecular flexibility index (Phi) is 6.34. The third kappa shape index (κ3) is 5.34. The van der Waals surface area contributed by atoms with Gasteiger partial charge in [-0.3, -0.25) is 4.99 Å². The number of halogens is 2. The van der Waals surface area contributed by atoms with E-state index in [9.17, 15) is 13.9 Å². The van der Waals surface area contributed by atoms with Crippen molar-refractivity contribution in [2.24, 2.45) is 10.9 Å². The molecule has 0 heterocycles. The number of benzene rings is 2. The van der Waals surface area contributed by atoms with Crippen LogP contribution in [0.2, 0.25) is 0 Å². The van der Waals surface area contributed by atoms with Crippen molar-refractivity contribution in [1.29, 1.82) is 0 Å². The van der Waals surface area contributed by atoms with E-state index in [1.165, 1.54) is 18.2 Å². The van der Waals surface area contributed by atoms with Crippen LogP contribution in [0.15, 0.2) is 41.4 Å². The monoisotopic (exact) mass is 389 g/mol. The lowest BCUT2D eigenvalue weighted by Crippen LogP contribution is -2.38. The van der Waals surface area contributed by atoms with Crippen molar-refractivity contribution in [3.8, 4) is 11.5 Å². The number of hydrogen-bond acceptors (Lipinski definition) is 3. The Hall–Kier alpha value is -2.83. The van der Waals surface area contributed by atoms with Crippen molar-refractivity contribution < 1.29 is 18.6 Å². The first-order chi connectivity index (χ1) is 13.5. The lowest BCUT2D eigenvalue weighted by Gasteiger charge is -2.19. The molecule has 150 valence electrons. The lowest BCUT2D eigenvalue weighted by atomic mass is 10.1. The van der Waals surface area contributed by atoms with E-state index in [0.29, 0.717) is 30.6 Å². The van der Waals surface area contributed by atoms with E-state index in [1.54, 1.807) is 19.2 Å². The minimum Gasteiger partial charge on any atom is -0.505 e. The van der Waals surface area contributed by atoms with Gasteiger partial charge >= 0.3 is 0 Å². The van der Waals surface area contributed by atoms with Crippen molar-refractivity contribution in [2.75, 3.05) is 13.7 Å². The summed E-state index contributed by atoms with van der Waals surface area (Å²) in [5.74, 6) is -0.0952. The molecular weight excluding hydrogens is 364 g/mol. The third-order valence-corrected chi connectivity index (χ3v) is 4.68. The number of rotatable bonds is 7. The molecule has 1 aliphatic carbocycles. The number of phenols is 1. The van der Waals surface area contributed by atoms with Gasteiger partial charge in [-0.1, -0.05) is 12.1 Å². The summed E-state index contributed by atoms with van der Waals surface area (Å²) in [5, 5.41) is 15.5. The van der Waals surface area contributed by atoms with E-state index in [2.05, 4.69) is 15.6 Å². The quantitative estimate of drug-likeness (QED) is 0.497. The van der Waals surface area contributed by atoms with E-state index >= 15 is 0 Å². The van der Waals surface area contributed by atoms with Crippen LogP contribution < -0.4 is 15.4 Å². The third-order valence-electron chi connectivity index (χ3n) is 4.68. The predicted octanol–water partition coefficient (Wildman–Crippen LogP) is 3.89. The molecule has 3 N–H and O–H groups in total. The molecule has 28 heavy (non-hydrogen) atoms. The van der Waals surface area contributed by atoms with Crippen LogP contribution in [-0.4, -0.2) is 24.7 Å². The zero-order valence-corrected chi connectivity index (χ0v) is 16.0. The first-order valence-corrected chi connectivity index (χ1v) is 9.33. The number of aliphatic imine (C=N–C) groups is 1. The molecule has 0 aliphatic heterocycles. The van der Waals surface area contributed by atoms with Gasteiger partial charge < -0.3 is 20.5 Å². The Labute approximate surface area is 163 Å². The van der Waals surface area contributed by atoms with Crippen molar-refractivity contribution in [1.82, 2.24) is 10.6 Å². The minimum atomic E-state index is -0.671. The minimum absolute atomic E-state index is 0.199. The molecule has 0 amide bonds. The summed E-state index contributed by atoms with van der Waals surface area (Å²) >= 11 is 0. The molecule has 2 aromatic carbocycles. The standard InChI is InChI=1S/C21H25F2N3O2/c1-13(16-6-8-20(18(23)10-16)28-12-14-3-4-14)26-21(24-2)25-11-15-5-7-19(27)17(22)9-15/h5-10,13-14,27H,3-4,11-12H2,1-2H3,(H2,24,25,26). The van der Waals surface area contributed by atoms with Gasteiger partial charge in [-0.15, -0.1) is 0 Å². The van der Waals surface area contributed by atoms with Gasteiger partial charge in [0.1, 0.15) is 0 Å². The predicted molar refractivity (Wildman–Crippen MR) is 104 cm³/mol. The van der Waals surface area contributed by atoms with Gasteiger partial charge in [-0.05, 0) is 61.1 Å². The Morgan fingerprint density at radius 2 is 2.00 bits per heavy atom. The van der Waals surface area contributed by atoms with Gasteiger partial charge in [0.25, 0.3) is 0 Å². The summed E-state index contributed by atoms with van der Waals surface area (Å²) in [6, 6.07) is 8.93. The largest absolute Gasteiger partial charge is 0.505 e. The van der Waals surface area contributed by atoms with Gasteiger partial charge in [0, 0.05) is 13.6 Å². The summed E-state index contributed by atoms with van der Waals surface area (Å²) in [6.45, 7) is 2.79. The van der Waals surface area contributed by atoms with Crippen LogP contribution >= 0.6 is 0 Å². The van der Waals surface area contributed by atoms with Crippen LogP contribution in [0.1, 0.15) is 36.9 Å². The molecular formula is C21H25F2N3O2. The van der Waals surface area contributed by atoms with Crippen molar-refractivity contribution in [3.05, 3.63) is 59.2 Å². The van der Waals surface area contributed by atoms with Crippen LogP contribution in [0.3, 0.4) is 0 Å². The average Bonchev–Trinajstić information content (AvgIpc) is 3.51. The second-order valence-corrected chi connectivity index (χ2v) is 7.02. The van der Waals surface area contributed by atoms with Crippen LogP contribution in [0.4, 0.5) is 8.78 Å². The van der Waals surface area contributed by atoms with Crippen LogP contribution in [0, 0.1) is 17.6 Å². The van der Waals surface area contributed by atoms with E-state index in [4.69, 9.17) is 4.74 Å². The van der Waals surface area contributed by atoms with Crippen LogP contribution in [0.25, 0.3) is 0 Å². The fraction of sp³-hybridized carbons (Fsp3) is 0.381. The van der Waals surface area contributed by atoms with E-state index < -0.39 is 5.82 Å². The van der Waals surface area contributed by atoms with Crippen LogP contribution in [0.5, 0.6) is 11.5 Å². The summed E-state index contributed by atoms with van der Waals surface area (Å²) < 4.78 is 33.2. The number of ether oxygens (including phenoxy) is 1. The maximum atomic E-state index is 14.3. The summed E-state index contributed by atoms with van der Waals surface area (Å²) in [4.78, 5) is 4.14. The maximum absolute atomic E-state index is 14.3. The molecule has 1 saturated carbocycles. The Bertz CT molecular complexity index is 854. The highest BCUT2D eigenvalue weighted by atomic mass is 19.1. The van der Waals surface area contributed by atoms with Crippen LogP contribution in [-0.2, 0) is 6.54 Å². The normalized spacial score (nSPS) is 15.2. The molecule has 7 heteroatoms. The van der Waals surface area contributed by atoms with Crippen molar-refractivity contribution >= 4 is 5.96 Å². The SMILES string of the molecule is CN=C(NCc1ccc(O)c(F)c1)NC(C)c1ccc(OCC2CC2)c(F)c1. The molecule has 1 aliphatic rings. The molecule has 0 aromatic heterocycles. The maximum Gasteiger partial charge on any atom is 0.191 e. The van der Waals surface area contributed by atoms with Crippen molar-refractivity contribution in [3.63, 3.8) is 0 Å². The van der Waals surface area contributed by atoms with Crippen molar-refractivity contribution in [2.45, 2.75) is 32.4 Å². The van der Waals surface area contributed by atoms with E-state index in [1.807, 2.05) is 13.0 Å². The molecule has 5 nitrogen and oxygen atoms in total. The summed E-state index contributed by atoms with van der Waals surface area (Å²) in [5.41, 5.74) is 1.42. The van der Waals surface area contributed by atoms with Gasteiger partial charge in [0.05, 0.1) is 12.6 Å². The van der Waals surface area contributed by atoms with E-state index in [0.717, 1.165) is 18.4 Å². The molecule has 2 aromatic rings. The molecule has 3 rings (SSSR count). The second kappa shape index (κ2) is 8.91. The fourth-order valence-corrected chi connectivity index (χ4v) is 2.72. The molecule has 0 bridgehead atoms. The first kappa shape index (κ1) is 19.9. The first-order valence-electron chi connectivity index (χ1n) is 9.33. The number of nitrogens with one attached hydrogen (secondary N) is 2. The molecule has 1 unspecified atom stereocenters. The topological polar surface area (TPSA) is 65.9 Å². The number of nitrogens with zero attached hydrogens (tertiary/aromatic N) is 1. The van der Waals surface area contributed by atoms with E-state index in [-0.39, 0.29) is 23.4 Å². The number of aromatic hydroxyl groups is 1. The average molecular weight is 389 g/mol. The zero-order chi connectivity index (χ0) is 20.1. The lowest BCUT2D eigenvalue weighted by molar-refractivity contribution is 0.285. The smallest absolute Gasteiger partial charge is 0.191 e. The van der Waals surface area contributed by atoms with Gasteiger partial charge in [-0.2, -0.15) is 0 Å². The highest BCUT2D eigenvalue weighted by molar-refractivity contribution is 5.80. The molecule has 0 saturated heterocycles. The Morgan fingerprint density at radius 1 is 1.21 bits per heavy atom. The van der Waals surface area contributed by atoms with Gasteiger partial charge in [-0.25, -0.2) is 8.78 Å². The number of guanidine groups is 1. The fourth-order valence-electron chi connectivity index (χ4n) is 2.72. The summed E-state index contributed by atoms with van der Waals surface area (Å²) in [7, 11) is 1.62. The summed E-state index contributed by atoms with van der Waals surface area (Å²) in [6.07, 6.45) is 2.31. The van der Waals surface area contributed by atoms with Gasteiger partial charge in [0.15, 0.2) is 29.1 Å². The van der Waals surface area contributed by atoms with Gasteiger partial charge in [0.2, 0.25) is 0 Å². The second-order valence-electron chi connectivity index (χ2n) is 7.02. The Morgan fingerprint density at radius 3 is 2.64 bits per heavy atom. The molecule has 0 radical (unpaired) electrons. The highest BCUT2D eigenvalue weighted by Gasteiger charge is 2.22. The molecule has 0 spiro atoms. The molecule has 1 atom stereocenters. The number of hydrogen-bond donors (Lipinski definition) is 3. The highest BCUT2D eigenvalue weighted by Crippen LogP contribution is 2.30. The number of phenolic OH excluding ortho intramolecular Hbond substituents is 1.